The molecule has 4 aromatic rings. The Balaban J connectivity index is 1.60. The fraction of sp³-hybridized carbons (Fsp3) is 0.214. The molecule has 5 nitrogen and oxygen atoms in total. The van der Waals surface area contributed by atoms with E-state index < -0.39 is 0 Å². The zero-order valence-electron chi connectivity index (χ0n) is 19.1. The highest BCUT2D eigenvalue weighted by atomic mass is 16.5. The van der Waals surface area contributed by atoms with Crippen LogP contribution in [0.5, 0.6) is 5.75 Å². The molecular formula is C28H27NO4. The van der Waals surface area contributed by atoms with Gasteiger partial charge in [-0.3, -0.25) is 9.59 Å². The van der Waals surface area contributed by atoms with Crippen molar-refractivity contribution in [2.24, 2.45) is 0 Å². The Kier molecular flexibility index (Phi) is 6.59. The van der Waals surface area contributed by atoms with Gasteiger partial charge in [0, 0.05) is 10.9 Å². The third kappa shape index (κ3) is 4.98. The summed E-state index contributed by atoms with van der Waals surface area (Å²) in [6.07, 6.45) is 0.203. The fourth-order valence-corrected chi connectivity index (χ4v) is 3.72. The largest absolute Gasteiger partial charge is 0.494 e. The molecule has 1 aromatic heterocycles. The molecule has 1 heterocycles. The molecule has 0 saturated heterocycles. The Bertz CT molecular complexity index is 1270. The molecule has 1 amide bonds. The van der Waals surface area contributed by atoms with Gasteiger partial charge < -0.3 is 14.5 Å². The van der Waals surface area contributed by atoms with Crippen LogP contribution in [0, 0.1) is 0 Å². The van der Waals surface area contributed by atoms with Crippen molar-refractivity contribution < 1.29 is 18.7 Å². The van der Waals surface area contributed by atoms with E-state index in [-0.39, 0.29) is 23.9 Å². The maximum atomic E-state index is 13.3. The highest BCUT2D eigenvalue weighted by Crippen LogP contribution is 2.33. The van der Waals surface area contributed by atoms with E-state index in [0.29, 0.717) is 40.5 Å². The van der Waals surface area contributed by atoms with Gasteiger partial charge in [0.05, 0.1) is 18.7 Å². The van der Waals surface area contributed by atoms with Crippen molar-refractivity contribution in [3.05, 3.63) is 95.2 Å². The standard InChI is InChI=1S/C28H27NO4/c1-4-32-22-15-13-21(14-16-22)27(31)28-26(23-7-5-6-8-24(23)33-28)29-25(30)17-19-9-11-20(12-10-19)18(2)3/h5-16,18H,4,17H2,1-3H3,(H,29,30). The third-order valence-corrected chi connectivity index (χ3v) is 5.50. The van der Waals surface area contributed by atoms with Gasteiger partial charge in [0.15, 0.2) is 5.76 Å². The van der Waals surface area contributed by atoms with Gasteiger partial charge in [-0.25, -0.2) is 0 Å². The zero-order valence-corrected chi connectivity index (χ0v) is 19.1. The summed E-state index contributed by atoms with van der Waals surface area (Å²) in [5.41, 5.74) is 3.53. The minimum Gasteiger partial charge on any atom is -0.494 e. The number of anilines is 1. The van der Waals surface area contributed by atoms with Crippen LogP contribution in [0.2, 0.25) is 0 Å². The molecule has 0 atom stereocenters. The maximum Gasteiger partial charge on any atom is 0.230 e. The molecule has 33 heavy (non-hydrogen) atoms. The zero-order chi connectivity index (χ0) is 23.4. The van der Waals surface area contributed by atoms with E-state index >= 15 is 0 Å². The lowest BCUT2D eigenvalue weighted by Crippen LogP contribution is -2.16. The minimum atomic E-state index is -0.300. The Labute approximate surface area is 193 Å². The molecule has 0 aliphatic heterocycles. The molecule has 0 unspecified atom stereocenters. The summed E-state index contributed by atoms with van der Waals surface area (Å²) < 4.78 is 11.3. The molecule has 0 saturated carbocycles. The van der Waals surface area contributed by atoms with Gasteiger partial charge in [-0.15, -0.1) is 0 Å². The SMILES string of the molecule is CCOc1ccc(C(=O)c2oc3ccccc3c2NC(=O)Cc2ccc(C(C)C)cc2)cc1. The molecule has 1 N–H and O–H groups in total. The summed E-state index contributed by atoms with van der Waals surface area (Å²) in [7, 11) is 0. The van der Waals surface area contributed by atoms with E-state index in [1.165, 1.54) is 5.56 Å². The van der Waals surface area contributed by atoms with Gasteiger partial charge in [-0.05, 0) is 60.4 Å². The maximum absolute atomic E-state index is 13.3. The first-order valence-corrected chi connectivity index (χ1v) is 11.1. The van der Waals surface area contributed by atoms with E-state index in [9.17, 15) is 9.59 Å². The van der Waals surface area contributed by atoms with Crippen LogP contribution in [0.25, 0.3) is 11.0 Å². The van der Waals surface area contributed by atoms with Gasteiger partial charge >= 0.3 is 0 Å². The molecule has 0 aliphatic carbocycles. The Morgan fingerprint density at radius 1 is 0.939 bits per heavy atom. The van der Waals surface area contributed by atoms with Crippen LogP contribution in [-0.4, -0.2) is 18.3 Å². The molecule has 5 heteroatoms. The lowest BCUT2D eigenvalue weighted by Gasteiger charge is -2.09. The van der Waals surface area contributed by atoms with Crippen molar-refractivity contribution in [3.8, 4) is 5.75 Å². The lowest BCUT2D eigenvalue weighted by atomic mass is 10.0. The van der Waals surface area contributed by atoms with E-state index in [4.69, 9.17) is 9.15 Å². The summed E-state index contributed by atoms with van der Waals surface area (Å²) in [5, 5.41) is 3.61. The second-order valence-electron chi connectivity index (χ2n) is 8.21. The number of benzene rings is 3. The van der Waals surface area contributed by atoms with Crippen LogP contribution in [0.1, 0.15) is 53.9 Å². The van der Waals surface area contributed by atoms with Gasteiger partial charge in [-0.2, -0.15) is 0 Å². The number of ether oxygens (including phenoxy) is 1. The van der Waals surface area contributed by atoms with Crippen molar-refractivity contribution in [3.63, 3.8) is 0 Å². The first-order chi connectivity index (χ1) is 16.0. The van der Waals surface area contributed by atoms with Crippen LogP contribution in [-0.2, 0) is 11.2 Å². The van der Waals surface area contributed by atoms with Crippen LogP contribution in [0.3, 0.4) is 0 Å². The Morgan fingerprint density at radius 2 is 1.64 bits per heavy atom. The van der Waals surface area contributed by atoms with Crippen molar-refractivity contribution >= 4 is 28.3 Å². The predicted octanol–water partition coefficient (Wildman–Crippen LogP) is 6.37. The average molecular weight is 442 g/mol. The number of ketones is 1. The topological polar surface area (TPSA) is 68.5 Å². The highest BCUT2D eigenvalue weighted by molar-refractivity contribution is 6.17. The van der Waals surface area contributed by atoms with Crippen LogP contribution < -0.4 is 10.1 Å². The van der Waals surface area contributed by atoms with Gasteiger partial charge in [-0.1, -0.05) is 50.2 Å². The first-order valence-electron chi connectivity index (χ1n) is 11.1. The number of rotatable bonds is 8. The monoisotopic (exact) mass is 441 g/mol. The van der Waals surface area contributed by atoms with Gasteiger partial charge in [0.25, 0.3) is 0 Å². The predicted molar refractivity (Wildman–Crippen MR) is 130 cm³/mol. The Hall–Kier alpha value is -3.86. The van der Waals surface area contributed by atoms with Crippen molar-refractivity contribution in [2.75, 3.05) is 11.9 Å². The number of fused-ring (bicyclic) bond motifs is 1. The summed E-state index contributed by atoms with van der Waals surface area (Å²) in [6.45, 7) is 6.72. The van der Waals surface area contributed by atoms with E-state index in [1.807, 2.05) is 49.4 Å². The number of amides is 1. The molecule has 0 spiro atoms. The first kappa shape index (κ1) is 22.3. The summed E-state index contributed by atoms with van der Waals surface area (Å²) in [5.74, 6) is 0.728. The number of carbonyl (C=O) groups excluding carboxylic acids is 2. The molecular weight excluding hydrogens is 414 g/mol. The van der Waals surface area contributed by atoms with Crippen LogP contribution >= 0.6 is 0 Å². The van der Waals surface area contributed by atoms with Gasteiger partial charge in [0.1, 0.15) is 11.3 Å². The second-order valence-corrected chi connectivity index (χ2v) is 8.21. The van der Waals surface area contributed by atoms with Crippen LogP contribution in [0.15, 0.2) is 77.2 Å². The molecule has 0 aliphatic rings. The number of furan rings is 1. The molecule has 3 aromatic carbocycles. The average Bonchev–Trinajstić information content (AvgIpc) is 3.18. The molecule has 0 radical (unpaired) electrons. The molecule has 168 valence electrons. The van der Waals surface area contributed by atoms with E-state index in [0.717, 1.165) is 5.56 Å². The highest BCUT2D eigenvalue weighted by Gasteiger charge is 2.23. The number of hydrogen-bond donors (Lipinski definition) is 1. The van der Waals surface area contributed by atoms with Crippen LogP contribution in [0.4, 0.5) is 5.69 Å². The second kappa shape index (κ2) is 9.74. The summed E-state index contributed by atoms with van der Waals surface area (Å²) >= 11 is 0. The van der Waals surface area contributed by atoms with E-state index in [1.54, 1.807) is 30.3 Å². The smallest absolute Gasteiger partial charge is 0.230 e. The fourth-order valence-electron chi connectivity index (χ4n) is 3.72. The summed E-state index contributed by atoms with van der Waals surface area (Å²) in [6, 6.07) is 22.2. The van der Waals surface area contributed by atoms with Gasteiger partial charge in [0.2, 0.25) is 11.7 Å². The van der Waals surface area contributed by atoms with Crippen molar-refractivity contribution in [2.45, 2.75) is 33.1 Å². The molecule has 0 fully saturated rings. The Morgan fingerprint density at radius 3 is 2.30 bits per heavy atom. The number of hydrogen-bond acceptors (Lipinski definition) is 4. The number of para-hydroxylation sites is 1. The minimum absolute atomic E-state index is 0.115. The van der Waals surface area contributed by atoms with Crippen molar-refractivity contribution in [1.29, 1.82) is 0 Å². The third-order valence-electron chi connectivity index (χ3n) is 5.50. The lowest BCUT2D eigenvalue weighted by molar-refractivity contribution is -0.115. The number of nitrogens with one attached hydrogen (secondary N) is 1. The van der Waals surface area contributed by atoms with Crippen molar-refractivity contribution in [1.82, 2.24) is 0 Å². The summed E-state index contributed by atoms with van der Waals surface area (Å²) in [4.78, 5) is 26.2. The molecule has 0 bridgehead atoms. The van der Waals surface area contributed by atoms with E-state index in [2.05, 4.69) is 19.2 Å². The number of carbonyl (C=O) groups is 2. The molecule has 4 rings (SSSR count). The quantitative estimate of drug-likeness (QED) is 0.323. The normalized spacial score (nSPS) is 11.0.